The number of hydrogen-bond acceptors (Lipinski definition) is 8. The molecule has 0 aliphatic rings. The summed E-state index contributed by atoms with van der Waals surface area (Å²) in [5, 5.41) is 19.1. The molecule has 0 fully saturated rings. The minimum atomic E-state index is 0.785. The molecule has 23 aromatic rings. The Morgan fingerprint density at radius 3 is 1.12 bits per heavy atom. The molecule has 0 spiro atoms. The molecule has 18 aromatic carbocycles. The van der Waals surface area contributed by atoms with Crippen LogP contribution in [-0.2, 0) is 0 Å². The maximum absolute atomic E-state index is 7.09. The molecular formula is C104H65Br2N3O5. The van der Waals surface area contributed by atoms with E-state index in [1.54, 1.807) is 0 Å². The van der Waals surface area contributed by atoms with Crippen molar-refractivity contribution in [2.24, 2.45) is 0 Å². The van der Waals surface area contributed by atoms with Crippen LogP contribution in [0.25, 0.3) is 165 Å². The minimum Gasteiger partial charge on any atom is -0.456 e. The standard InChI is InChI=1S/C64H40N2O3.C24H17NO.C16H8Br2O/c1-5-19-41(20-6-1)46-29-15-31-50-52-33-17-35-55(63(52)68-61(46)50)65(43-23-9-3-10-24-43)45-37-38-54-58(39-45)67-59-40-57(48-27-13-14-28-49(48)60(54)59)66(44-25-11-4-12-26-44)56-36-18-34-53-51-32-16-30-47(62(51)69-64(53)56)42-21-7-2-8-22-42;1-3-9-17(10-4-1)19-13-7-14-20-21-15-8-16-22(24(21)26-23(19)20)25-18-11-5-2-6-12-18;17-9-5-6-12-14(7-9)19-15-8-13(18)10-3-1-2-4-11(10)16(12)15/h1-40H;1-16,25H;1-8H. The van der Waals surface area contributed by atoms with Gasteiger partial charge >= 0.3 is 0 Å². The van der Waals surface area contributed by atoms with Crippen LogP contribution in [0.2, 0.25) is 0 Å². The summed E-state index contributed by atoms with van der Waals surface area (Å²) in [6.45, 7) is 0. The SMILES string of the molecule is Brc1ccc2c(c1)oc1cc(Br)c3ccccc3c12.c1ccc(-c2cccc3c2oc2c(N(c4ccccc4)c4ccc5c(c4)oc4cc(N(c6ccccc6)c6cccc7c6oc6c(-c8ccccc8)cccc67)c6ccccc6c45)cccc23)cc1.c1ccc(Nc2cccc3c2oc2c(-c4ccccc4)cccc23)cc1. The second-order valence-electron chi connectivity index (χ2n) is 28.4. The summed E-state index contributed by atoms with van der Waals surface area (Å²) in [6, 6.07) is 135. The van der Waals surface area contributed by atoms with Crippen LogP contribution in [0.3, 0.4) is 0 Å². The maximum Gasteiger partial charge on any atom is 0.159 e. The zero-order valence-electron chi connectivity index (χ0n) is 61.1. The predicted octanol–water partition coefficient (Wildman–Crippen LogP) is 32.1. The van der Waals surface area contributed by atoms with E-state index in [-0.39, 0.29) is 0 Å². The topological polar surface area (TPSA) is 84.2 Å². The quantitative estimate of drug-likeness (QED) is 0.137. The van der Waals surface area contributed by atoms with Gasteiger partial charge in [0.25, 0.3) is 0 Å². The van der Waals surface area contributed by atoms with Crippen molar-refractivity contribution < 1.29 is 22.1 Å². The molecule has 0 saturated carbocycles. The lowest BCUT2D eigenvalue weighted by molar-refractivity contribution is 0.667. The number of anilines is 8. The largest absolute Gasteiger partial charge is 0.456 e. The monoisotopic (exact) mass is 1590 g/mol. The Morgan fingerprint density at radius 1 is 0.219 bits per heavy atom. The van der Waals surface area contributed by atoms with Crippen molar-refractivity contribution in [2.45, 2.75) is 0 Å². The lowest BCUT2D eigenvalue weighted by Crippen LogP contribution is -2.10. The number of para-hydroxylation sites is 9. The molecule has 5 heterocycles. The van der Waals surface area contributed by atoms with Crippen LogP contribution in [-0.4, -0.2) is 0 Å². The molecule has 1 N–H and O–H groups in total. The van der Waals surface area contributed by atoms with E-state index < -0.39 is 0 Å². The smallest absolute Gasteiger partial charge is 0.159 e. The lowest BCUT2D eigenvalue weighted by atomic mass is 10.00. The van der Waals surface area contributed by atoms with Gasteiger partial charge in [-0.05, 0) is 124 Å². The lowest BCUT2D eigenvalue weighted by Gasteiger charge is -2.27. The van der Waals surface area contributed by atoms with Crippen LogP contribution >= 0.6 is 31.9 Å². The van der Waals surface area contributed by atoms with Gasteiger partial charge in [-0.2, -0.15) is 0 Å². The third-order valence-electron chi connectivity index (χ3n) is 21.7. The highest BCUT2D eigenvalue weighted by Crippen LogP contribution is 2.51. The Bertz CT molecular complexity index is 7610. The third kappa shape index (κ3) is 11.9. The number of hydrogen-bond donors (Lipinski definition) is 1. The first kappa shape index (κ1) is 67.9. The molecule has 0 radical (unpaired) electrons. The summed E-state index contributed by atoms with van der Waals surface area (Å²) in [5.74, 6) is 0. The van der Waals surface area contributed by atoms with Crippen molar-refractivity contribution >= 4 is 209 Å². The van der Waals surface area contributed by atoms with E-state index in [0.717, 1.165) is 203 Å². The van der Waals surface area contributed by atoms with E-state index in [1.807, 2.05) is 54.6 Å². The first-order valence-electron chi connectivity index (χ1n) is 38.0. The van der Waals surface area contributed by atoms with E-state index in [9.17, 15) is 0 Å². The van der Waals surface area contributed by atoms with Gasteiger partial charge in [-0.3, -0.25) is 0 Å². The molecule has 23 rings (SSSR count). The molecule has 0 aliphatic heterocycles. The Balaban J connectivity index is 0.000000146. The van der Waals surface area contributed by atoms with Crippen LogP contribution in [0.1, 0.15) is 0 Å². The molecule has 0 saturated heterocycles. The maximum atomic E-state index is 7.09. The van der Waals surface area contributed by atoms with Crippen LogP contribution in [0, 0.1) is 0 Å². The van der Waals surface area contributed by atoms with Gasteiger partial charge in [-0.15, -0.1) is 0 Å². The fourth-order valence-corrected chi connectivity index (χ4v) is 17.5. The number of benzene rings is 18. The molecule has 0 aliphatic carbocycles. The summed E-state index contributed by atoms with van der Waals surface area (Å²) >= 11 is 7.11. The van der Waals surface area contributed by atoms with Crippen LogP contribution in [0.5, 0.6) is 0 Å². The third-order valence-corrected chi connectivity index (χ3v) is 22.8. The molecule has 10 heteroatoms. The highest BCUT2D eigenvalue weighted by molar-refractivity contribution is 9.11. The minimum absolute atomic E-state index is 0.785. The molecule has 540 valence electrons. The molecular weight excluding hydrogens is 1530 g/mol. The molecule has 114 heavy (non-hydrogen) atoms. The van der Waals surface area contributed by atoms with Crippen molar-refractivity contribution in [1.82, 2.24) is 0 Å². The molecule has 0 amide bonds. The summed E-state index contributed by atoms with van der Waals surface area (Å²) in [5.41, 5.74) is 23.1. The predicted molar refractivity (Wildman–Crippen MR) is 482 cm³/mol. The first-order valence-corrected chi connectivity index (χ1v) is 39.6. The fourth-order valence-electron chi connectivity index (χ4n) is 16.6. The van der Waals surface area contributed by atoms with Gasteiger partial charge in [-0.25, -0.2) is 0 Å². The molecule has 8 nitrogen and oxygen atoms in total. The summed E-state index contributed by atoms with van der Waals surface area (Å²) in [6.07, 6.45) is 0. The second-order valence-corrected chi connectivity index (χ2v) is 30.2. The van der Waals surface area contributed by atoms with Crippen molar-refractivity contribution in [3.63, 3.8) is 0 Å². The van der Waals surface area contributed by atoms with Crippen LogP contribution < -0.4 is 15.1 Å². The first-order chi connectivity index (χ1) is 56.4. The summed E-state index contributed by atoms with van der Waals surface area (Å²) < 4.78 is 35.5. The average molecular weight is 1600 g/mol. The van der Waals surface area contributed by atoms with Gasteiger partial charge in [-0.1, -0.05) is 317 Å². The van der Waals surface area contributed by atoms with Crippen LogP contribution in [0.15, 0.2) is 419 Å². The van der Waals surface area contributed by atoms with Crippen molar-refractivity contribution in [3.05, 3.63) is 397 Å². The van der Waals surface area contributed by atoms with E-state index in [4.69, 9.17) is 22.1 Å². The van der Waals surface area contributed by atoms with Crippen molar-refractivity contribution in [3.8, 4) is 33.4 Å². The second kappa shape index (κ2) is 28.6. The van der Waals surface area contributed by atoms with Gasteiger partial charge in [0, 0.05) is 114 Å². The van der Waals surface area contributed by atoms with E-state index in [2.05, 4.69) is 381 Å². The molecule has 5 aromatic heterocycles. The normalized spacial score (nSPS) is 11.6. The summed E-state index contributed by atoms with van der Waals surface area (Å²) in [4.78, 5) is 4.60. The van der Waals surface area contributed by atoms with Gasteiger partial charge in [0.05, 0.1) is 28.4 Å². The van der Waals surface area contributed by atoms with Crippen LogP contribution in [0.4, 0.5) is 45.5 Å². The fraction of sp³-hybridized carbons (Fsp3) is 0. The highest BCUT2D eigenvalue weighted by Gasteiger charge is 2.27. The number of furan rings is 5. The number of fused-ring (bicyclic) bond motifs is 19. The average Bonchev–Trinajstić information content (AvgIpc) is 1.55. The van der Waals surface area contributed by atoms with E-state index in [1.165, 1.54) is 16.2 Å². The Labute approximate surface area is 671 Å². The molecule has 0 atom stereocenters. The van der Waals surface area contributed by atoms with Crippen molar-refractivity contribution in [1.29, 1.82) is 0 Å². The number of rotatable bonds is 11. The zero-order valence-corrected chi connectivity index (χ0v) is 64.3. The Hall–Kier alpha value is -14.2. The summed E-state index contributed by atoms with van der Waals surface area (Å²) in [7, 11) is 0. The highest BCUT2D eigenvalue weighted by atomic mass is 79.9. The zero-order chi connectivity index (χ0) is 75.7. The van der Waals surface area contributed by atoms with Crippen molar-refractivity contribution in [2.75, 3.05) is 15.1 Å². The van der Waals surface area contributed by atoms with E-state index in [0.29, 0.717) is 0 Å². The van der Waals surface area contributed by atoms with Gasteiger partial charge in [0.15, 0.2) is 16.7 Å². The van der Waals surface area contributed by atoms with E-state index >= 15 is 0 Å². The van der Waals surface area contributed by atoms with Gasteiger partial charge in [0.1, 0.15) is 39.1 Å². The Morgan fingerprint density at radius 2 is 0.596 bits per heavy atom. The molecule has 0 unspecified atom stereocenters. The molecule has 0 bridgehead atoms. The number of halogens is 2. The van der Waals surface area contributed by atoms with Gasteiger partial charge in [0.2, 0.25) is 0 Å². The Kier molecular flexibility index (Phi) is 17.0. The van der Waals surface area contributed by atoms with Gasteiger partial charge < -0.3 is 37.2 Å². The number of nitrogens with one attached hydrogen (secondary N) is 1. The number of nitrogens with zero attached hydrogens (tertiary/aromatic N) is 2.